The first-order valence-corrected chi connectivity index (χ1v) is 8.64. The number of para-hydroxylation sites is 1. The second-order valence-electron chi connectivity index (χ2n) is 6.13. The summed E-state index contributed by atoms with van der Waals surface area (Å²) < 4.78 is 11.5. The van der Waals surface area contributed by atoms with E-state index in [9.17, 15) is 4.79 Å². The Kier molecular flexibility index (Phi) is 4.58. The molecule has 3 aromatic carbocycles. The maximum Gasteiger partial charge on any atom is 0.270 e. The highest BCUT2D eigenvalue weighted by molar-refractivity contribution is 5.96. The third-order valence-corrected chi connectivity index (χ3v) is 4.10. The van der Waals surface area contributed by atoms with Gasteiger partial charge in [0.15, 0.2) is 11.5 Å². The van der Waals surface area contributed by atoms with Crippen molar-refractivity contribution in [2.24, 2.45) is 0 Å². The van der Waals surface area contributed by atoms with Crippen LogP contribution in [0.2, 0.25) is 0 Å². The van der Waals surface area contributed by atoms with Crippen LogP contribution in [-0.2, 0) is 4.79 Å². The minimum absolute atomic E-state index is 0.260. The fraction of sp³-hybridized carbons (Fsp3) is 0.0909. The van der Waals surface area contributed by atoms with E-state index in [0.29, 0.717) is 28.4 Å². The summed E-state index contributed by atoms with van der Waals surface area (Å²) in [5.74, 6) is 0.955. The van der Waals surface area contributed by atoms with Crippen LogP contribution < -0.4 is 10.1 Å². The number of ether oxygens (including phenoxy) is 1. The van der Waals surface area contributed by atoms with Crippen LogP contribution in [0.5, 0.6) is 5.75 Å². The van der Waals surface area contributed by atoms with E-state index >= 15 is 0 Å². The molecule has 134 valence electrons. The lowest BCUT2D eigenvalue weighted by molar-refractivity contribution is -0.123. The van der Waals surface area contributed by atoms with Gasteiger partial charge in [-0.25, -0.2) is 4.98 Å². The number of fused-ring (bicyclic) bond motifs is 1. The molecule has 0 aliphatic carbocycles. The first-order chi connectivity index (χ1) is 13.2. The van der Waals surface area contributed by atoms with Gasteiger partial charge in [0, 0.05) is 18.2 Å². The molecule has 0 fully saturated rings. The molecule has 0 aliphatic heterocycles. The van der Waals surface area contributed by atoms with E-state index in [1.807, 2.05) is 60.7 Å². The van der Waals surface area contributed by atoms with Crippen molar-refractivity contribution in [3.8, 4) is 5.75 Å². The van der Waals surface area contributed by atoms with Crippen LogP contribution in [0, 0.1) is 6.92 Å². The van der Waals surface area contributed by atoms with Gasteiger partial charge >= 0.3 is 0 Å². The molecule has 0 saturated carbocycles. The second kappa shape index (κ2) is 7.33. The fourth-order valence-electron chi connectivity index (χ4n) is 2.86. The number of nitrogens with one attached hydrogen (secondary N) is 1. The molecule has 5 nitrogen and oxygen atoms in total. The molecule has 0 aliphatic rings. The number of hydrogen-bond acceptors (Lipinski definition) is 4. The van der Waals surface area contributed by atoms with Crippen LogP contribution in [0.1, 0.15) is 17.6 Å². The first kappa shape index (κ1) is 16.8. The zero-order valence-corrected chi connectivity index (χ0v) is 14.8. The Morgan fingerprint density at radius 1 is 1.00 bits per heavy atom. The van der Waals surface area contributed by atoms with E-state index in [-0.39, 0.29) is 5.91 Å². The summed E-state index contributed by atoms with van der Waals surface area (Å²) in [6.45, 7) is 1.79. The predicted molar refractivity (Wildman–Crippen MR) is 104 cm³/mol. The zero-order valence-electron chi connectivity index (χ0n) is 14.8. The number of rotatable bonds is 5. The summed E-state index contributed by atoms with van der Waals surface area (Å²) in [4.78, 5) is 17.3. The molecule has 1 N–H and O–H groups in total. The van der Waals surface area contributed by atoms with Gasteiger partial charge in [-0.3, -0.25) is 4.79 Å². The minimum atomic E-state index is -0.775. The molecule has 1 aromatic heterocycles. The molecular weight excluding hydrogens is 340 g/mol. The van der Waals surface area contributed by atoms with E-state index in [1.165, 1.54) is 0 Å². The zero-order chi connectivity index (χ0) is 18.6. The quantitative estimate of drug-likeness (QED) is 0.551. The van der Waals surface area contributed by atoms with Gasteiger partial charge in [0.25, 0.3) is 5.91 Å². The lowest BCUT2D eigenvalue weighted by atomic mass is 10.1. The fourth-order valence-corrected chi connectivity index (χ4v) is 2.86. The summed E-state index contributed by atoms with van der Waals surface area (Å²) in [5.41, 5.74) is 2.80. The molecule has 0 radical (unpaired) electrons. The average Bonchev–Trinajstić information content (AvgIpc) is 3.07. The number of benzene rings is 3. The van der Waals surface area contributed by atoms with Crippen molar-refractivity contribution >= 4 is 22.7 Å². The molecule has 27 heavy (non-hydrogen) atoms. The maximum atomic E-state index is 13.0. The Morgan fingerprint density at radius 2 is 1.70 bits per heavy atom. The molecule has 1 unspecified atom stereocenters. The largest absolute Gasteiger partial charge is 0.476 e. The lowest BCUT2D eigenvalue weighted by Gasteiger charge is -2.19. The number of hydrogen-bond donors (Lipinski definition) is 1. The normalized spacial score (nSPS) is 11.9. The number of carbonyl (C=O) groups excluding carboxylic acids is 1. The molecule has 5 heteroatoms. The highest BCUT2D eigenvalue weighted by atomic mass is 16.5. The number of amides is 1. The molecule has 0 saturated heterocycles. The number of nitrogens with zero attached hydrogens (tertiary/aromatic N) is 1. The van der Waals surface area contributed by atoms with E-state index in [0.717, 1.165) is 5.56 Å². The highest BCUT2D eigenvalue weighted by Gasteiger charge is 2.23. The standard InChI is InChI=1S/C22H18N2O3/c1-15-23-19-14-17(12-13-20(19)26-15)24-22(25)21(16-8-4-2-5-9-16)27-18-10-6-3-7-11-18/h2-14,21H,1H3,(H,24,25). The molecular formula is C22H18N2O3. The molecule has 1 atom stereocenters. The van der Waals surface area contributed by atoms with Crippen molar-refractivity contribution in [3.05, 3.63) is 90.3 Å². The van der Waals surface area contributed by atoms with Crippen molar-refractivity contribution < 1.29 is 13.9 Å². The number of anilines is 1. The van der Waals surface area contributed by atoms with Crippen molar-refractivity contribution in [2.45, 2.75) is 13.0 Å². The Labute approximate surface area is 156 Å². The molecule has 0 bridgehead atoms. The SMILES string of the molecule is Cc1nc2cc(NC(=O)C(Oc3ccccc3)c3ccccc3)ccc2o1. The molecule has 0 spiro atoms. The third-order valence-electron chi connectivity index (χ3n) is 4.10. The van der Waals surface area contributed by atoms with Crippen LogP contribution in [0.25, 0.3) is 11.1 Å². The number of aromatic nitrogens is 1. The van der Waals surface area contributed by atoms with Gasteiger partial charge in [-0.2, -0.15) is 0 Å². The summed E-state index contributed by atoms with van der Waals surface area (Å²) in [6, 6.07) is 24.1. The summed E-state index contributed by atoms with van der Waals surface area (Å²) >= 11 is 0. The molecule has 4 rings (SSSR count). The van der Waals surface area contributed by atoms with Crippen LogP contribution in [0.3, 0.4) is 0 Å². The van der Waals surface area contributed by atoms with E-state index in [2.05, 4.69) is 10.3 Å². The summed E-state index contributed by atoms with van der Waals surface area (Å²) in [6.07, 6.45) is -0.775. The van der Waals surface area contributed by atoms with E-state index in [1.54, 1.807) is 25.1 Å². The lowest BCUT2D eigenvalue weighted by Crippen LogP contribution is -2.25. The summed E-state index contributed by atoms with van der Waals surface area (Å²) in [5, 5.41) is 2.92. The van der Waals surface area contributed by atoms with E-state index < -0.39 is 6.10 Å². The number of aryl methyl sites for hydroxylation is 1. The molecule has 4 aromatic rings. The molecule has 1 heterocycles. The van der Waals surface area contributed by atoms with Crippen molar-refractivity contribution in [2.75, 3.05) is 5.32 Å². The van der Waals surface area contributed by atoms with Gasteiger partial charge in [-0.15, -0.1) is 0 Å². The average molecular weight is 358 g/mol. The monoisotopic (exact) mass is 358 g/mol. The van der Waals surface area contributed by atoms with Crippen LogP contribution >= 0.6 is 0 Å². The Bertz CT molecular complexity index is 1060. The van der Waals surface area contributed by atoms with Gasteiger partial charge < -0.3 is 14.5 Å². The van der Waals surface area contributed by atoms with Gasteiger partial charge in [0.1, 0.15) is 11.3 Å². The van der Waals surface area contributed by atoms with Gasteiger partial charge in [0.05, 0.1) is 0 Å². The van der Waals surface area contributed by atoms with E-state index in [4.69, 9.17) is 9.15 Å². The Hall–Kier alpha value is -3.60. The Morgan fingerprint density at radius 3 is 2.44 bits per heavy atom. The third kappa shape index (κ3) is 3.82. The topological polar surface area (TPSA) is 64.4 Å². The summed E-state index contributed by atoms with van der Waals surface area (Å²) in [7, 11) is 0. The van der Waals surface area contributed by atoms with Crippen LogP contribution in [-0.4, -0.2) is 10.9 Å². The van der Waals surface area contributed by atoms with Crippen LogP contribution in [0.15, 0.2) is 83.3 Å². The highest BCUT2D eigenvalue weighted by Crippen LogP contribution is 2.25. The first-order valence-electron chi connectivity index (χ1n) is 8.64. The van der Waals surface area contributed by atoms with Crippen molar-refractivity contribution in [1.82, 2.24) is 4.98 Å². The maximum absolute atomic E-state index is 13.0. The number of carbonyl (C=O) groups is 1. The second-order valence-corrected chi connectivity index (χ2v) is 6.13. The minimum Gasteiger partial charge on any atom is -0.476 e. The van der Waals surface area contributed by atoms with Gasteiger partial charge in [-0.05, 0) is 30.3 Å². The van der Waals surface area contributed by atoms with Gasteiger partial charge in [0.2, 0.25) is 6.10 Å². The number of oxazole rings is 1. The van der Waals surface area contributed by atoms with Crippen molar-refractivity contribution in [3.63, 3.8) is 0 Å². The van der Waals surface area contributed by atoms with Crippen molar-refractivity contribution in [1.29, 1.82) is 0 Å². The smallest absolute Gasteiger partial charge is 0.270 e. The predicted octanol–water partition coefficient (Wildman–Crippen LogP) is 4.90. The van der Waals surface area contributed by atoms with Gasteiger partial charge in [-0.1, -0.05) is 48.5 Å². The van der Waals surface area contributed by atoms with Crippen LogP contribution in [0.4, 0.5) is 5.69 Å². The Balaban J connectivity index is 1.61. The molecule has 1 amide bonds.